The van der Waals surface area contributed by atoms with Gasteiger partial charge >= 0.3 is 0 Å². The number of nitrogens with one attached hydrogen (secondary N) is 1. The summed E-state index contributed by atoms with van der Waals surface area (Å²) in [5.74, 6) is -0.324. The van der Waals surface area contributed by atoms with Crippen molar-refractivity contribution in [3.8, 4) is 6.07 Å². The number of benzene rings is 1. The zero-order valence-corrected chi connectivity index (χ0v) is 9.34. The fourth-order valence-corrected chi connectivity index (χ4v) is 1.29. The summed E-state index contributed by atoms with van der Waals surface area (Å²) >= 11 is 0. The van der Waals surface area contributed by atoms with Crippen LogP contribution in [0.3, 0.4) is 0 Å². The molecule has 0 radical (unpaired) electrons. The molecule has 0 saturated carbocycles. The Bertz CT molecular complexity index is 585. The van der Waals surface area contributed by atoms with Gasteiger partial charge in [0, 0.05) is 6.20 Å². The number of hydrazone groups is 1. The minimum atomic E-state index is -0.324. The van der Waals surface area contributed by atoms with Crippen LogP contribution in [0, 0.1) is 17.1 Å². The maximum absolute atomic E-state index is 12.7. The zero-order valence-electron chi connectivity index (χ0n) is 9.34. The number of aromatic nitrogens is 1. The molecule has 88 valence electrons. The van der Waals surface area contributed by atoms with E-state index in [9.17, 15) is 4.39 Å². The van der Waals surface area contributed by atoms with Crippen molar-refractivity contribution < 1.29 is 4.39 Å². The van der Waals surface area contributed by atoms with E-state index >= 15 is 0 Å². The highest BCUT2D eigenvalue weighted by molar-refractivity contribution is 6.10. The van der Waals surface area contributed by atoms with Gasteiger partial charge in [-0.2, -0.15) is 10.4 Å². The topological polar surface area (TPSA) is 61.1 Å². The molecule has 0 fully saturated rings. The van der Waals surface area contributed by atoms with Crippen molar-refractivity contribution in [3.63, 3.8) is 0 Å². The molecule has 0 aliphatic rings. The molecule has 2 aromatic rings. The smallest absolute Gasteiger partial charge is 0.186 e. The highest BCUT2D eigenvalue weighted by Gasteiger charge is 2.02. The van der Waals surface area contributed by atoms with Crippen LogP contribution < -0.4 is 5.43 Å². The predicted molar refractivity (Wildman–Crippen MR) is 66.4 cm³/mol. The van der Waals surface area contributed by atoms with Crippen molar-refractivity contribution in [2.45, 2.75) is 0 Å². The highest BCUT2D eigenvalue weighted by Crippen LogP contribution is 2.08. The molecule has 0 unspecified atom stereocenters. The Kier molecular flexibility index (Phi) is 3.62. The molecule has 18 heavy (non-hydrogen) atoms. The first-order valence-electron chi connectivity index (χ1n) is 5.20. The quantitative estimate of drug-likeness (QED) is 0.662. The Hall–Kier alpha value is -2.74. The Balaban J connectivity index is 2.17. The average molecular weight is 240 g/mol. The predicted octanol–water partition coefficient (Wildman–Crippen LogP) is 2.56. The summed E-state index contributed by atoms with van der Waals surface area (Å²) in [6.45, 7) is 0. The molecule has 0 saturated heterocycles. The molecule has 1 aromatic heterocycles. The van der Waals surface area contributed by atoms with Crippen LogP contribution in [-0.4, -0.2) is 10.7 Å². The number of halogens is 1. The number of rotatable bonds is 3. The van der Waals surface area contributed by atoms with E-state index in [1.165, 1.54) is 24.3 Å². The minimum Gasteiger partial charge on any atom is -0.277 e. The third-order valence-electron chi connectivity index (χ3n) is 2.15. The van der Waals surface area contributed by atoms with Crippen molar-refractivity contribution in [2.24, 2.45) is 5.10 Å². The van der Waals surface area contributed by atoms with Gasteiger partial charge < -0.3 is 0 Å². The van der Waals surface area contributed by atoms with Crippen molar-refractivity contribution in [1.29, 1.82) is 5.26 Å². The second-order valence-electron chi connectivity index (χ2n) is 3.41. The molecule has 0 aliphatic carbocycles. The summed E-state index contributed by atoms with van der Waals surface area (Å²) in [5.41, 5.74) is 3.93. The van der Waals surface area contributed by atoms with Crippen LogP contribution in [0.4, 0.5) is 10.1 Å². The van der Waals surface area contributed by atoms with E-state index in [0.717, 1.165) is 0 Å². The summed E-state index contributed by atoms with van der Waals surface area (Å²) in [5, 5.41) is 12.9. The van der Waals surface area contributed by atoms with Gasteiger partial charge in [0.15, 0.2) is 5.71 Å². The third-order valence-corrected chi connectivity index (χ3v) is 2.15. The second kappa shape index (κ2) is 5.55. The number of anilines is 1. The molecule has 0 atom stereocenters. The molecule has 0 bridgehead atoms. The van der Waals surface area contributed by atoms with Gasteiger partial charge in [0.2, 0.25) is 0 Å². The van der Waals surface area contributed by atoms with E-state index in [2.05, 4.69) is 15.5 Å². The van der Waals surface area contributed by atoms with E-state index in [4.69, 9.17) is 5.26 Å². The van der Waals surface area contributed by atoms with Gasteiger partial charge in [-0.3, -0.25) is 10.4 Å². The number of nitrogens with zero attached hydrogens (tertiary/aromatic N) is 3. The molecule has 0 spiro atoms. The molecule has 5 heteroatoms. The Morgan fingerprint density at radius 2 is 2.00 bits per heavy atom. The number of hydrogen-bond acceptors (Lipinski definition) is 4. The molecule has 0 aliphatic heterocycles. The summed E-state index contributed by atoms with van der Waals surface area (Å²) in [7, 11) is 0. The van der Waals surface area contributed by atoms with Gasteiger partial charge in [-0.25, -0.2) is 4.39 Å². The van der Waals surface area contributed by atoms with Crippen LogP contribution in [0.5, 0.6) is 0 Å². The number of hydrogen-bond donors (Lipinski definition) is 1. The molecule has 4 nitrogen and oxygen atoms in total. The summed E-state index contributed by atoms with van der Waals surface area (Å²) in [4.78, 5) is 4.02. The van der Waals surface area contributed by atoms with E-state index in [0.29, 0.717) is 11.4 Å². The SMILES string of the molecule is N#C/C(=N/Nc1ccc(F)cc1)c1ccccn1. The minimum absolute atomic E-state index is 0.167. The van der Waals surface area contributed by atoms with Crippen LogP contribution in [0.2, 0.25) is 0 Å². The lowest BCUT2D eigenvalue weighted by Gasteiger charge is -2.01. The summed E-state index contributed by atoms with van der Waals surface area (Å²) in [6.07, 6.45) is 1.58. The normalized spacial score (nSPS) is 10.8. The van der Waals surface area contributed by atoms with Gasteiger partial charge in [-0.05, 0) is 36.4 Å². The van der Waals surface area contributed by atoms with E-state index in [-0.39, 0.29) is 11.5 Å². The van der Waals surface area contributed by atoms with E-state index in [1.54, 1.807) is 24.4 Å². The van der Waals surface area contributed by atoms with Crippen molar-refractivity contribution in [3.05, 3.63) is 60.2 Å². The Morgan fingerprint density at radius 3 is 2.61 bits per heavy atom. The van der Waals surface area contributed by atoms with E-state index in [1.807, 2.05) is 6.07 Å². The zero-order chi connectivity index (χ0) is 12.8. The lowest BCUT2D eigenvalue weighted by molar-refractivity contribution is 0.628. The van der Waals surface area contributed by atoms with Crippen molar-refractivity contribution in [2.75, 3.05) is 5.43 Å². The van der Waals surface area contributed by atoms with E-state index < -0.39 is 0 Å². The lowest BCUT2D eigenvalue weighted by atomic mass is 10.2. The molecular formula is C13H9FN4. The Morgan fingerprint density at radius 1 is 1.22 bits per heavy atom. The number of pyridine rings is 1. The van der Waals surface area contributed by atoms with Crippen molar-refractivity contribution in [1.82, 2.24) is 4.98 Å². The van der Waals surface area contributed by atoms with Gasteiger partial charge in [0.1, 0.15) is 17.6 Å². The maximum atomic E-state index is 12.7. The first-order chi connectivity index (χ1) is 8.79. The first kappa shape index (κ1) is 11.7. The second-order valence-corrected chi connectivity index (χ2v) is 3.41. The lowest BCUT2D eigenvalue weighted by Crippen LogP contribution is -2.03. The fraction of sp³-hybridized carbons (Fsp3) is 0. The molecule has 0 amide bonds. The largest absolute Gasteiger partial charge is 0.277 e. The summed E-state index contributed by atoms with van der Waals surface area (Å²) < 4.78 is 12.7. The van der Waals surface area contributed by atoms with Crippen LogP contribution in [-0.2, 0) is 0 Å². The summed E-state index contributed by atoms with van der Waals surface area (Å²) in [6, 6.07) is 12.9. The van der Waals surface area contributed by atoms with Crippen LogP contribution >= 0.6 is 0 Å². The fourth-order valence-electron chi connectivity index (χ4n) is 1.29. The van der Waals surface area contributed by atoms with Crippen molar-refractivity contribution >= 4 is 11.4 Å². The third kappa shape index (κ3) is 2.89. The van der Waals surface area contributed by atoms with Crippen LogP contribution in [0.1, 0.15) is 5.69 Å². The molecular weight excluding hydrogens is 231 g/mol. The standard InChI is InChI=1S/C13H9FN4/c14-10-4-6-11(7-5-10)17-18-13(9-15)12-3-1-2-8-16-12/h1-8,17H/b18-13-. The first-order valence-corrected chi connectivity index (χ1v) is 5.20. The molecule has 1 N–H and O–H groups in total. The van der Waals surface area contributed by atoms with Crippen LogP contribution in [0.25, 0.3) is 0 Å². The number of nitriles is 1. The highest BCUT2D eigenvalue weighted by atomic mass is 19.1. The van der Waals surface area contributed by atoms with Gasteiger partial charge in [0.25, 0.3) is 0 Å². The van der Waals surface area contributed by atoms with Gasteiger partial charge in [-0.15, -0.1) is 0 Å². The van der Waals surface area contributed by atoms with Crippen LogP contribution in [0.15, 0.2) is 53.8 Å². The Labute approximate surface area is 103 Å². The molecule has 1 aromatic carbocycles. The van der Waals surface area contributed by atoms with Gasteiger partial charge in [0.05, 0.1) is 5.69 Å². The molecule has 1 heterocycles. The average Bonchev–Trinajstić information content (AvgIpc) is 2.43. The molecule has 2 rings (SSSR count). The maximum Gasteiger partial charge on any atom is 0.186 e. The monoisotopic (exact) mass is 240 g/mol. The van der Waals surface area contributed by atoms with Gasteiger partial charge in [-0.1, -0.05) is 6.07 Å².